The summed E-state index contributed by atoms with van der Waals surface area (Å²) in [6.07, 6.45) is -1.10. The summed E-state index contributed by atoms with van der Waals surface area (Å²) in [5, 5.41) is 13.3. The molecule has 3 aromatic rings. The largest absolute Gasteiger partial charge is 0.273 e. The van der Waals surface area contributed by atoms with Gasteiger partial charge in [0.05, 0.1) is 32.4 Å². The molecular formula is C23H15Cl2N3O5. The standard InChI is InChI=1S/C23H15Cl2N3O5/c24-17-10-9-15(12-18(17)25)26-22(29)19-20(13-5-4-8-16(11-13)28(31)32)27(33-21(19)23(26)30)14-6-2-1-3-7-14/h1-12,19-21H/t19-,20+,21+/m0/s1. The summed E-state index contributed by atoms with van der Waals surface area (Å²) < 4.78 is 0. The van der Waals surface area contributed by atoms with E-state index in [0.29, 0.717) is 16.3 Å². The summed E-state index contributed by atoms with van der Waals surface area (Å²) in [5.41, 5.74) is 1.26. The van der Waals surface area contributed by atoms with Gasteiger partial charge in [-0.25, -0.2) is 9.96 Å². The van der Waals surface area contributed by atoms with E-state index in [1.807, 2.05) is 6.07 Å². The molecule has 3 atom stereocenters. The first kappa shape index (κ1) is 21.4. The molecule has 0 aromatic heterocycles. The lowest BCUT2D eigenvalue weighted by Crippen LogP contribution is -2.37. The van der Waals surface area contributed by atoms with Gasteiger partial charge in [0.1, 0.15) is 5.92 Å². The van der Waals surface area contributed by atoms with Crippen molar-refractivity contribution in [3.63, 3.8) is 0 Å². The van der Waals surface area contributed by atoms with Gasteiger partial charge in [-0.05, 0) is 35.9 Å². The first-order valence-corrected chi connectivity index (χ1v) is 10.7. The lowest BCUT2D eigenvalue weighted by molar-refractivity contribution is -0.384. The predicted molar refractivity (Wildman–Crippen MR) is 122 cm³/mol. The van der Waals surface area contributed by atoms with Gasteiger partial charge in [-0.3, -0.25) is 24.5 Å². The van der Waals surface area contributed by atoms with Crippen LogP contribution in [0.4, 0.5) is 17.1 Å². The number of anilines is 2. The zero-order valence-corrected chi connectivity index (χ0v) is 18.3. The minimum atomic E-state index is -1.10. The Bertz CT molecular complexity index is 1290. The van der Waals surface area contributed by atoms with Crippen LogP contribution in [0.2, 0.25) is 10.0 Å². The van der Waals surface area contributed by atoms with Crippen LogP contribution in [-0.2, 0) is 14.4 Å². The molecule has 2 saturated heterocycles. The van der Waals surface area contributed by atoms with Crippen molar-refractivity contribution in [3.05, 3.63) is 98.5 Å². The Kier molecular flexibility index (Phi) is 5.28. The van der Waals surface area contributed by atoms with E-state index in [9.17, 15) is 19.7 Å². The van der Waals surface area contributed by atoms with Gasteiger partial charge in [-0.15, -0.1) is 0 Å². The van der Waals surface area contributed by atoms with Crippen LogP contribution in [0.15, 0.2) is 72.8 Å². The summed E-state index contributed by atoms with van der Waals surface area (Å²) in [5.74, 6) is -1.95. The molecule has 0 N–H and O–H groups in total. The molecule has 2 fully saturated rings. The van der Waals surface area contributed by atoms with E-state index in [-0.39, 0.29) is 16.4 Å². The number of hydroxylamine groups is 1. The van der Waals surface area contributed by atoms with Crippen LogP contribution in [-0.4, -0.2) is 22.8 Å². The summed E-state index contributed by atoms with van der Waals surface area (Å²) in [6.45, 7) is 0. The highest BCUT2D eigenvalue weighted by atomic mass is 35.5. The Labute approximate surface area is 198 Å². The summed E-state index contributed by atoms with van der Waals surface area (Å²) in [7, 11) is 0. The van der Waals surface area contributed by atoms with Crippen LogP contribution in [0.5, 0.6) is 0 Å². The molecule has 0 saturated carbocycles. The number of amides is 2. The van der Waals surface area contributed by atoms with Crippen LogP contribution < -0.4 is 9.96 Å². The first-order chi connectivity index (χ1) is 15.9. The quantitative estimate of drug-likeness (QED) is 0.296. The molecule has 0 spiro atoms. The second-order valence-electron chi connectivity index (χ2n) is 7.62. The minimum absolute atomic E-state index is 0.123. The first-order valence-electron chi connectivity index (χ1n) is 9.95. The van der Waals surface area contributed by atoms with E-state index >= 15 is 0 Å². The highest BCUT2D eigenvalue weighted by molar-refractivity contribution is 6.42. The Morgan fingerprint density at radius 2 is 1.61 bits per heavy atom. The maximum atomic E-state index is 13.6. The van der Waals surface area contributed by atoms with Crippen molar-refractivity contribution in [2.24, 2.45) is 5.92 Å². The summed E-state index contributed by atoms with van der Waals surface area (Å²) >= 11 is 12.1. The Hall–Kier alpha value is -3.46. The molecule has 8 nitrogen and oxygen atoms in total. The van der Waals surface area contributed by atoms with Gasteiger partial charge in [0, 0.05) is 12.1 Å². The SMILES string of the molecule is O=C1[C@H]2[C@@H](c3cccc([N+](=O)[O-])c3)N(c3ccccc3)O[C@H]2C(=O)N1c1ccc(Cl)c(Cl)c1. The highest BCUT2D eigenvalue weighted by Gasteiger charge is 2.60. The second kappa shape index (κ2) is 8.15. The number of rotatable bonds is 4. The number of hydrogen-bond donors (Lipinski definition) is 0. The van der Waals surface area contributed by atoms with E-state index in [0.717, 1.165) is 4.90 Å². The van der Waals surface area contributed by atoms with E-state index < -0.39 is 34.8 Å². The van der Waals surface area contributed by atoms with Crippen molar-refractivity contribution in [3.8, 4) is 0 Å². The number of imide groups is 1. The van der Waals surface area contributed by atoms with Crippen molar-refractivity contribution in [1.29, 1.82) is 0 Å². The normalized spacial score (nSPS) is 22.1. The van der Waals surface area contributed by atoms with Crippen LogP contribution in [0.25, 0.3) is 0 Å². The number of carbonyl (C=O) groups excluding carboxylic acids is 2. The number of nitro benzene ring substituents is 1. The monoisotopic (exact) mass is 483 g/mol. The number of para-hydroxylation sites is 1. The topological polar surface area (TPSA) is 93.0 Å². The van der Waals surface area contributed by atoms with E-state index in [2.05, 4.69) is 0 Å². The molecule has 2 aliphatic rings. The fourth-order valence-corrected chi connectivity index (χ4v) is 4.55. The number of non-ortho nitro benzene ring substituents is 1. The maximum absolute atomic E-state index is 13.6. The van der Waals surface area contributed by atoms with Gasteiger partial charge < -0.3 is 0 Å². The van der Waals surface area contributed by atoms with Crippen LogP contribution in [0.3, 0.4) is 0 Å². The molecule has 2 aliphatic heterocycles. The summed E-state index contributed by atoms with van der Waals surface area (Å²) in [6, 6.07) is 18.7. The fourth-order valence-electron chi connectivity index (χ4n) is 4.25. The van der Waals surface area contributed by atoms with E-state index in [1.54, 1.807) is 36.4 Å². The van der Waals surface area contributed by atoms with Gasteiger partial charge >= 0.3 is 0 Å². The number of benzene rings is 3. The lowest BCUT2D eigenvalue weighted by Gasteiger charge is -2.28. The molecule has 3 aromatic carbocycles. The minimum Gasteiger partial charge on any atom is -0.273 e. The van der Waals surface area contributed by atoms with Crippen LogP contribution >= 0.6 is 23.2 Å². The number of fused-ring (bicyclic) bond motifs is 1. The molecule has 166 valence electrons. The van der Waals surface area contributed by atoms with Crippen molar-refractivity contribution in [2.45, 2.75) is 12.1 Å². The third-order valence-electron chi connectivity index (χ3n) is 5.71. The molecule has 2 amide bonds. The predicted octanol–water partition coefficient (Wildman–Crippen LogP) is 4.95. The van der Waals surface area contributed by atoms with E-state index in [4.69, 9.17) is 28.0 Å². The zero-order valence-electron chi connectivity index (χ0n) is 16.8. The molecular weight excluding hydrogens is 469 g/mol. The Balaban J connectivity index is 1.60. The molecule has 0 radical (unpaired) electrons. The third-order valence-corrected chi connectivity index (χ3v) is 6.45. The number of halogens is 2. The second-order valence-corrected chi connectivity index (χ2v) is 8.43. The van der Waals surface area contributed by atoms with Gasteiger partial charge in [0.15, 0.2) is 6.10 Å². The molecule has 0 unspecified atom stereocenters. The van der Waals surface area contributed by atoms with Gasteiger partial charge in [-0.1, -0.05) is 53.5 Å². The average Bonchev–Trinajstić information content (AvgIpc) is 3.32. The Morgan fingerprint density at radius 3 is 2.30 bits per heavy atom. The van der Waals surface area contributed by atoms with E-state index in [1.165, 1.54) is 35.4 Å². The van der Waals surface area contributed by atoms with Crippen molar-refractivity contribution in [2.75, 3.05) is 9.96 Å². The average molecular weight is 484 g/mol. The number of nitrogens with zero attached hydrogens (tertiary/aromatic N) is 3. The smallest absolute Gasteiger partial charge is 0.269 e. The summed E-state index contributed by atoms with van der Waals surface area (Å²) in [4.78, 5) is 44.8. The molecule has 5 rings (SSSR count). The molecule has 0 bridgehead atoms. The molecule has 10 heteroatoms. The third kappa shape index (κ3) is 3.52. The van der Waals surface area contributed by atoms with Gasteiger partial charge in [-0.2, -0.15) is 0 Å². The highest BCUT2D eigenvalue weighted by Crippen LogP contribution is 2.48. The fraction of sp³-hybridized carbons (Fsp3) is 0.130. The maximum Gasteiger partial charge on any atom is 0.269 e. The van der Waals surface area contributed by atoms with Crippen molar-refractivity contribution < 1.29 is 19.3 Å². The molecule has 2 heterocycles. The number of hydrogen-bond acceptors (Lipinski definition) is 6. The molecule has 0 aliphatic carbocycles. The lowest BCUT2D eigenvalue weighted by atomic mass is 9.90. The van der Waals surface area contributed by atoms with Crippen LogP contribution in [0.1, 0.15) is 11.6 Å². The van der Waals surface area contributed by atoms with Crippen molar-refractivity contribution >= 4 is 52.1 Å². The van der Waals surface area contributed by atoms with Gasteiger partial charge in [0.25, 0.3) is 11.6 Å². The number of nitro groups is 1. The van der Waals surface area contributed by atoms with Crippen LogP contribution in [0, 0.1) is 16.0 Å². The Morgan fingerprint density at radius 1 is 0.848 bits per heavy atom. The molecule has 33 heavy (non-hydrogen) atoms. The van der Waals surface area contributed by atoms with Crippen molar-refractivity contribution in [1.82, 2.24) is 0 Å². The van der Waals surface area contributed by atoms with Gasteiger partial charge in [0.2, 0.25) is 5.91 Å². The zero-order chi connectivity index (χ0) is 23.3. The number of carbonyl (C=O) groups is 2.